The Balaban J connectivity index is 2.77. The lowest BCUT2D eigenvalue weighted by atomic mass is 10.1. The molecule has 1 atom stereocenters. The Morgan fingerprint density at radius 3 is 2.88 bits per heavy atom. The number of benzene rings is 1. The molecule has 0 spiro atoms. The summed E-state index contributed by atoms with van der Waals surface area (Å²) in [6.45, 7) is 3.55. The predicted molar refractivity (Wildman–Crippen MR) is 64.4 cm³/mol. The Hall–Kier alpha value is -1.07. The molecule has 0 bridgehead atoms. The minimum atomic E-state index is -0.902. The third-order valence-corrected chi connectivity index (χ3v) is 3.13. The quantitative estimate of drug-likeness (QED) is 0.651. The van der Waals surface area contributed by atoms with Gasteiger partial charge in [-0.25, -0.2) is 4.39 Å². The van der Waals surface area contributed by atoms with Crippen LogP contribution in [-0.2, 0) is 9.53 Å². The normalized spacial score (nSPS) is 12.2. The summed E-state index contributed by atoms with van der Waals surface area (Å²) < 4.78 is 18.3. The van der Waals surface area contributed by atoms with E-state index < -0.39 is 11.9 Å². The highest BCUT2D eigenvalue weighted by Crippen LogP contribution is 2.29. The van der Waals surface area contributed by atoms with Crippen LogP contribution in [0.25, 0.3) is 0 Å². The minimum Gasteiger partial charge on any atom is -0.465 e. The predicted octanol–water partition coefficient (Wildman–Crippen LogP) is 2.53. The molecule has 0 aliphatic carbocycles. The van der Waals surface area contributed by atoms with Gasteiger partial charge in [-0.2, -0.15) is 0 Å². The van der Waals surface area contributed by atoms with Gasteiger partial charge in [-0.15, -0.1) is 11.8 Å². The van der Waals surface area contributed by atoms with Crippen molar-refractivity contribution < 1.29 is 19.0 Å². The third-order valence-electron chi connectivity index (χ3n) is 2.08. The highest BCUT2D eigenvalue weighted by molar-refractivity contribution is 8.00. The van der Waals surface area contributed by atoms with Crippen molar-refractivity contribution >= 4 is 17.7 Å². The summed E-state index contributed by atoms with van der Waals surface area (Å²) in [5, 5.41) is 9.48. The number of aliphatic hydroxyl groups is 1. The highest BCUT2D eigenvalue weighted by Gasteiger charge is 2.14. The second-order valence-electron chi connectivity index (χ2n) is 3.42. The largest absolute Gasteiger partial charge is 0.465 e. The summed E-state index contributed by atoms with van der Waals surface area (Å²) in [7, 11) is 0. The molecule has 0 aromatic heterocycles. The molecule has 0 fully saturated rings. The molecule has 3 nitrogen and oxygen atoms in total. The minimum absolute atomic E-state index is 0.108. The number of ether oxygens (including phenoxy) is 1. The van der Waals surface area contributed by atoms with Gasteiger partial charge in [0, 0.05) is 10.5 Å². The molecule has 1 unspecified atom stereocenters. The van der Waals surface area contributed by atoms with Crippen molar-refractivity contribution in [1.29, 1.82) is 0 Å². The first-order valence-electron chi connectivity index (χ1n) is 5.31. The molecule has 94 valence electrons. The number of thioether (sulfide) groups is 1. The van der Waals surface area contributed by atoms with Crippen LogP contribution >= 0.6 is 11.8 Å². The Morgan fingerprint density at radius 1 is 1.59 bits per heavy atom. The van der Waals surface area contributed by atoms with Crippen molar-refractivity contribution in [2.24, 2.45) is 0 Å². The fraction of sp³-hybridized carbons (Fsp3) is 0.417. The van der Waals surface area contributed by atoms with E-state index in [9.17, 15) is 14.3 Å². The standard InChI is InChI=1S/C12H15FO3S/c1-3-16-11(15)7-17-10-6-4-5-9(13)12(10)8(2)14/h4-6,8,14H,3,7H2,1-2H3. The number of hydrogen-bond donors (Lipinski definition) is 1. The lowest BCUT2D eigenvalue weighted by Gasteiger charge is -2.12. The van der Waals surface area contributed by atoms with Gasteiger partial charge in [-0.05, 0) is 26.0 Å². The summed E-state index contributed by atoms with van der Waals surface area (Å²) in [6.07, 6.45) is -0.902. The zero-order valence-corrected chi connectivity index (χ0v) is 10.6. The lowest BCUT2D eigenvalue weighted by molar-refractivity contribution is -0.139. The summed E-state index contributed by atoms with van der Waals surface area (Å²) in [5.74, 6) is -0.705. The molecule has 0 heterocycles. The number of rotatable bonds is 5. The van der Waals surface area contributed by atoms with Crippen molar-refractivity contribution in [3.05, 3.63) is 29.6 Å². The van der Waals surface area contributed by atoms with E-state index >= 15 is 0 Å². The molecule has 0 radical (unpaired) electrons. The second kappa shape index (κ2) is 6.61. The second-order valence-corrected chi connectivity index (χ2v) is 4.44. The van der Waals surface area contributed by atoms with Crippen LogP contribution in [-0.4, -0.2) is 23.4 Å². The summed E-state index contributed by atoms with van der Waals surface area (Å²) in [6, 6.07) is 4.51. The lowest BCUT2D eigenvalue weighted by Crippen LogP contribution is -2.07. The van der Waals surface area contributed by atoms with E-state index in [1.807, 2.05) is 0 Å². The molecule has 0 aliphatic rings. The van der Waals surface area contributed by atoms with Gasteiger partial charge < -0.3 is 9.84 Å². The molecule has 0 saturated carbocycles. The summed E-state index contributed by atoms with van der Waals surface area (Å²) in [4.78, 5) is 11.7. The van der Waals surface area contributed by atoms with Crippen LogP contribution < -0.4 is 0 Å². The summed E-state index contributed by atoms with van der Waals surface area (Å²) >= 11 is 1.16. The first kappa shape index (κ1) is 14.0. The van der Waals surface area contributed by atoms with E-state index in [1.54, 1.807) is 19.1 Å². The Kier molecular flexibility index (Phi) is 5.44. The molecule has 5 heteroatoms. The number of hydrogen-bond acceptors (Lipinski definition) is 4. The van der Waals surface area contributed by atoms with Gasteiger partial charge in [-0.3, -0.25) is 4.79 Å². The first-order valence-corrected chi connectivity index (χ1v) is 6.29. The Bertz CT molecular complexity index is 393. The zero-order chi connectivity index (χ0) is 12.8. The van der Waals surface area contributed by atoms with Crippen LogP contribution in [0.1, 0.15) is 25.5 Å². The maximum absolute atomic E-state index is 13.5. The maximum atomic E-state index is 13.5. The van der Waals surface area contributed by atoms with Crippen LogP contribution in [0.2, 0.25) is 0 Å². The van der Waals surface area contributed by atoms with Gasteiger partial charge in [0.1, 0.15) is 5.82 Å². The van der Waals surface area contributed by atoms with Gasteiger partial charge in [0.05, 0.1) is 18.5 Å². The van der Waals surface area contributed by atoms with Crippen LogP contribution in [0.15, 0.2) is 23.1 Å². The van der Waals surface area contributed by atoms with E-state index in [2.05, 4.69) is 0 Å². The average molecular weight is 258 g/mol. The third kappa shape index (κ3) is 4.02. The molecule has 1 aromatic rings. The van der Waals surface area contributed by atoms with Crippen LogP contribution in [0, 0.1) is 5.82 Å². The summed E-state index contributed by atoms with van der Waals surface area (Å²) in [5.41, 5.74) is 0.224. The van der Waals surface area contributed by atoms with E-state index in [1.165, 1.54) is 13.0 Å². The molecular weight excluding hydrogens is 243 g/mol. The number of halogens is 1. The topological polar surface area (TPSA) is 46.5 Å². The molecular formula is C12H15FO3S. The number of aliphatic hydroxyl groups excluding tert-OH is 1. The molecule has 1 aromatic carbocycles. The smallest absolute Gasteiger partial charge is 0.316 e. The van der Waals surface area contributed by atoms with Gasteiger partial charge in [0.25, 0.3) is 0 Å². The molecule has 1 rings (SSSR count). The molecule has 0 saturated heterocycles. The van der Waals surface area contributed by atoms with E-state index in [0.29, 0.717) is 11.5 Å². The monoisotopic (exact) mass is 258 g/mol. The Labute approximate surface area is 104 Å². The average Bonchev–Trinajstić information content (AvgIpc) is 2.26. The number of carbonyl (C=O) groups is 1. The van der Waals surface area contributed by atoms with Crippen molar-refractivity contribution in [3.8, 4) is 0 Å². The van der Waals surface area contributed by atoms with Crippen molar-refractivity contribution in [2.75, 3.05) is 12.4 Å². The molecule has 1 N–H and O–H groups in total. The molecule has 17 heavy (non-hydrogen) atoms. The van der Waals surface area contributed by atoms with Gasteiger partial charge in [0.15, 0.2) is 0 Å². The number of carbonyl (C=O) groups excluding carboxylic acids is 1. The van der Waals surface area contributed by atoms with Crippen molar-refractivity contribution in [1.82, 2.24) is 0 Å². The van der Waals surface area contributed by atoms with Crippen molar-refractivity contribution in [2.45, 2.75) is 24.8 Å². The van der Waals surface area contributed by atoms with Gasteiger partial charge in [0.2, 0.25) is 0 Å². The van der Waals surface area contributed by atoms with Crippen LogP contribution in [0.4, 0.5) is 4.39 Å². The Morgan fingerprint density at radius 2 is 2.29 bits per heavy atom. The first-order chi connectivity index (χ1) is 8.06. The fourth-order valence-electron chi connectivity index (χ4n) is 1.39. The van der Waals surface area contributed by atoms with E-state index in [4.69, 9.17) is 4.74 Å². The van der Waals surface area contributed by atoms with Crippen LogP contribution in [0.3, 0.4) is 0 Å². The van der Waals surface area contributed by atoms with E-state index in [0.717, 1.165) is 11.8 Å². The van der Waals surface area contributed by atoms with E-state index in [-0.39, 0.29) is 17.3 Å². The van der Waals surface area contributed by atoms with Gasteiger partial charge >= 0.3 is 5.97 Å². The SMILES string of the molecule is CCOC(=O)CSc1cccc(F)c1C(C)O. The fourth-order valence-corrected chi connectivity index (χ4v) is 2.34. The van der Waals surface area contributed by atoms with Crippen molar-refractivity contribution in [3.63, 3.8) is 0 Å². The molecule has 0 aliphatic heterocycles. The number of esters is 1. The maximum Gasteiger partial charge on any atom is 0.316 e. The highest BCUT2D eigenvalue weighted by atomic mass is 32.2. The van der Waals surface area contributed by atoms with Gasteiger partial charge in [-0.1, -0.05) is 6.07 Å². The zero-order valence-electron chi connectivity index (χ0n) is 9.77. The molecule has 0 amide bonds. The van der Waals surface area contributed by atoms with Crippen LogP contribution in [0.5, 0.6) is 0 Å².